The van der Waals surface area contributed by atoms with Gasteiger partial charge in [-0.3, -0.25) is 14.0 Å². The van der Waals surface area contributed by atoms with E-state index in [1.165, 1.54) is 0 Å². The molecule has 0 bridgehead atoms. The van der Waals surface area contributed by atoms with Crippen LogP contribution in [0.2, 0.25) is 5.02 Å². The number of ether oxygens (including phenoxy) is 1. The van der Waals surface area contributed by atoms with Crippen molar-refractivity contribution >= 4 is 29.3 Å². The Balaban J connectivity index is 1.27. The summed E-state index contributed by atoms with van der Waals surface area (Å²) < 4.78 is 8.87. The normalized spacial score (nSPS) is 11.0. The Bertz CT molecular complexity index is 1780. The van der Waals surface area contributed by atoms with Crippen molar-refractivity contribution in [2.24, 2.45) is 0 Å². The Kier molecular flexibility index (Phi) is 10.2. The van der Waals surface area contributed by atoms with E-state index in [1.54, 1.807) is 40.9 Å². The van der Waals surface area contributed by atoms with E-state index in [9.17, 15) is 14.4 Å². The van der Waals surface area contributed by atoms with Crippen LogP contribution in [0.1, 0.15) is 54.9 Å². The molecule has 0 radical (unpaired) electrons. The van der Waals surface area contributed by atoms with E-state index in [0.717, 1.165) is 41.6 Å². The molecule has 0 unspecified atom stereocenters. The van der Waals surface area contributed by atoms with E-state index >= 15 is 0 Å². The van der Waals surface area contributed by atoms with Gasteiger partial charge in [0.25, 0.3) is 5.56 Å². The molecule has 9 heteroatoms. The zero-order chi connectivity index (χ0) is 30.9. The van der Waals surface area contributed by atoms with Gasteiger partial charge < -0.3 is 14.6 Å². The maximum absolute atomic E-state index is 13.2. The summed E-state index contributed by atoms with van der Waals surface area (Å²) in [6, 6.07) is 25.8. The highest BCUT2D eigenvalue weighted by molar-refractivity contribution is 6.30. The molecule has 1 amide bonds. The molecular weight excluding hydrogens is 576 g/mol. The summed E-state index contributed by atoms with van der Waals surface area (Å²) in [6.07, 6.45) is 5.09. The van der Waals surface area contributed by atoms with Crippen LogP contribution in [0.5, 0.6) is 0 Å². The van der Waals surface area contributed by atoms with Gasteiger partial charge in [-0.2, -0.15) is 0 Å². The standard InChI is InChI=1S/C35H35ClN4O4/c1-2-3-7-21-39-31(22-33(42)40-23-30(38-34(39)40)26-16-18-29(36)19-17-26)27-12-14-28(15-13-27)32(41)11-8-20-37-35(43)44-24-25-9-5-4-6-10-25/h4-6,9-10,12-19,22-23H,2-3,7-8,11,20-21,24H2,1H3,(H,37,43). The fourth-order valence-corrected chi connectivity index (χ4v) is 5.15. The van der Waals surface area contributed by atoms with Crippen molar-refractivity contribution in [1.29, 1.82) is 0 Å². The molecule has 3 aromatic carbocycles. The molecule has 5 aromatic rings. The van der Waals surface area contributed by atoms with Crippen LogP contribution < -0.4 is 10.9 Å². The lowest BCUT2D eigenvalue weighted by Crippen LogP contribution is -2.25. The maximum atomic E-state index is 13.2. The van der Waals surface area contributed by atoms with E-state index in [4.69, 9.17) is 21.3 Å². The van der Waals surface area contributed by atoms with Gasteiger partial charge in [0.15, 0.2) is 5.78 Å². The number of benzene rings is 3. The number of alkyl carbamates (subject to hydrolysis) is 1. The molecule has 0 saturated carbocycles. The predicted molar refractivity (Wildman–Crippen MR) is 173 cm³/mol. The van der Waals surface area contributed by atoms with Crippen LogP contribution in [0, 0.1) is 0 Å². The molecule has 1 N–H and O–H groups in total. The SMILES string of the molecule is CCCCCn1c(-c2ccc(C(=O)CCCNC(=O)OCc3ccccc3)cc2)cc(=O)n2cc(-c3ccc(Cl)cc3)nc12. The first kappa shape index (κ1) is 30.8. The number of amides is 1. The van der Waals surface area contributed by atoms with Crippen LogP contribution in [-0.2, 0) is 17.9 Å². The minimum absolute atomic E-state index is 0.0207. The second kappa shape index (κ2) is 14.7. The molecule has 44 heavy (non-hydrogen) atoms. The number of halogens is 1. The van der Waals surface area contributed by atoms with Crippen LogP contribution in [-0.4, -0.2) is 32.4 Å². The Labute approximate surface area is 261 Å². The summed E-state index contributed by atoms with van der Waals surface area (Å²) >= 11 is 6.07. The summed E-state index contributed by atoms with van der Waals surface area (Å²) in [4.78, 5) is 42.9. The van der Waals surface area contributed by atoms with Crippen molar-refractivity contribution in [3.63, 3.8) is 0 Å². The number of unbranched alkanes of at least 4 members (excludes halogenated alkanes) is 2. The van der Waals surface area contributed by atoms with Gasteiger partial charge in [-0.15, -0.1) is 0 Å². The van der Waals surface area contributed by atoms with Gasteiger partial charge in [-0.25, -0.2) is 9.78 Å². The number of hydrogen-bond acceptors (Lipinski definition) is 5. The zero-order valence-corrected chi connectivity index (χ0v) is 25.4. The van der Waals surface area contributed by atoms with Crippen molar-refractivity contribution in [3.05, 3.63) is 118 Å². The number of fused-ring (bicyclic) bond motifs is 1. The minimum Gasteiger partial charge on any atom is -0.445 e. The van der Waals surface area contributed by atoms with Crippen molar-refractivity contribution in [2.45, 2.75) is 52.2 Å². The van der Waals surface area contributed by atoms with Gasteiger partial charge in [-0.05, 0) is 36.1 Å². The first-order chi connectivity index (χ1) is 21.4. The molecular formula is C35H35ClN4O4. The fourth-order valence-electron chi connectivity index (χ4n) is 5.02. The molecule has 0 aliphatic rings. The monoisotopic (exact) mass is 610 g/mol. The molecule has 2 heterocycles. The van der Waals surface area contributed by atoms with Crippen molar-refractivity contribution in [1.82, 2.24) is 19.3 Å². The number of nitrogens with zero attached hydrogens (tertiary/aromatic N) is 3. The predicted octanol–water partition coefficient (Wildman–Crippen LogP) is 7.56. The topological polar surface area (TPSA) is 94.7 Å². The molecule has 8 nitrogen and oxygen atoms in total. The summed E-state index contributed by atoms with van der Waals surface area (Å²) in [5.74, 6) is 0.552. The van der Waals surface area contributed by atoms with Gasteiger partial charge in [0.2, 0.25) is 5.78 Å². The number of rotatable bonds is 13. The van der Waals surface area contributed by atoms with Gasteiger partial charge in [0, 0.05) is 47.9 Å². The number of nitrogens with one attached hydrogen (secondary N) is 1. The number of Topliss-reactive ketones (excluding diaryl/α,β-unsaturated/α-hetero) is 1. The van der Waals surface area contributed by atoms with Gasteiger partial charge in [0.05, 0.1) is 11.4 Å². The molecule has 2 aromatic heterocycles. The first-order valence-corrected chi connectivity index (χ1v) is 15.3. The summed E-state index contributed by atoms with van der Waals surface area (Å²) in [5.41, 5.74) is 4.46. The summed E-state index contributed by atoms with van der Waals surface area (Å²) in [6.45, 7) is 3.39. The quantitative estimate of drug-likeness (QED) is 0.110. The number of imidazole rings is 1. The Hall–Kier alpha value is -4.69. The molecule has 0 aliphatic carbocycles. The fraction of sp³-hybridized carbons (Fsp3) is 0.257. The van der Waals surface area contributed by atoms with Crippen LogP contribution in [0.3, 0.4) is 0 Å². The molecule has 0 fully saturated rings. The van der Waals surface area contributed by atoms with Crippen molar-refractivity contribution in [2.75, 3.05) is 6.54 Å². The second-order valence-corrected chi connectivity index (χ2v) is 11.1. The largest absolute Gasteiger partial charge is 0.445 e. The van der Waals surface area contributed by atoms with E-state index < -0.39 is 6.09 Å². The number of aromatic nitrogens is 3. The molecule has 0 aliphatic heterocycles. The van der Waals surface area contributed by atoms with E-state index in [0.29, 0.717) is 41.6 Å². The number of carbonyl (C=O) groups excluding carboxylic acids is 2. The van der Waals surface area contributed by atoms with Gasteiger partial charge in [0.1, 0.15) is 6.61 Å². The highest BCUT2D eigenvalue weighted by Gasteiger charge is 2.16. The molecule has 0 atom stereocenters. The summed E-state index contributed by atoms with van der Waals surface area (Å²) in [5, 5.41) is 3.33. The molecule has 226 valence electrons. The Morgan fingerprint density at radius 3 is 2.36 bits per heavy atom. The van der Waals surface area contributed by atoms with Gasteiger partial charge in [-0.1, -0.05) is 98.1 Å². The van der Waals surface area contributed by atoms with Gasteiger partial charge >= 0.3 is 6.09 Å². The molecule has 0 spiro atoms. The Morgan fingerprint density at radius 1 is 0.909 bits per heavy atom. The smallest absolute Gasteiger partial charge is 0.407 e. The third-order valence-corrected chi connectivity index (χ3v) is 7.66. The first-order valence-electron chi connectivity index (χ1n) is 14.9. The zero-order valence-electron chi connectivity index (χ0n) is 24.7. The average molecular weight is 611 g/mol. The van der Waals surface area contributed by atoms with Crippen molar-refractivity contribution in [3.8, 4) is 22.5 Å². The lowest BCUT2D eigenvalue weighted by molar-refractivity contribution is 0.0978. The maximum Gasteiger partial charge on any atom is 0.407 e. The highest BCUT2D eigenvalue weighted by Crippen LogP contribution is 2.25. The number of carbonyl (C=O) groups is 2. The Morgan fingerprint density at radius 2 is 1.64 bits per heavy atom. The molecule has 0 saturated heterocycles. The molecule has 5 rings (SSSR count). The minimum atomic E-state index is -0.509. The number of ketones is 1. The van der Waals surface area contributed by atoms with E-state index in [-0.39, 0.29) is 24.4 Å². The highest BCUT2D eigenvalue weighted by atomic mass is 35.5. The van der Waals surface area contributed by atoms with Crippen LogP contribution in [0.25, 0.3) is 28.3 Å². The lowest BCUT2D eigenvalue weighted by Gasteiger charge is -2.15. The van der Waals surface area contributed by atoms with Crippen molar-refractivity contribution < 1.29 is 14.3 Å². The summed E-state index contributed by atoms with van der Waals surface area (Å²) in [7, 11) is 0. The third kappa shape index (κ3) is 7.63. The average Bonchev–Trinajstić information content (AvgIpc) is 3.50. The van der Waals surface area contributed by atoms with E-state index in [2.05, 4.69) is 16.8 Å². The van der Waals surface area contributed by atoms with Crippen LogP contribution >= 0.6 is 11.6 Å². The number of hydrogen-bond donors (Lipinski definition) is 1. The van der Waals surface area contributed by atoms with E-state index in [1.807, 2.05) is 54.6 Å². The third-order valence-electron chi connectivity index (χ3n) is 7.41. The number of aryl methyl sites for hydroxylation is 1. The van der Waals surface area contributed by atoms with Crippen LogP contribution in [0.15, 0.2) is 95.9 Å². The van der Waals surface area contributed by atoms with Crippen LogP contribution in [0.4, 0.5) is 4.79 Å². The second-order valence-electron chi connectivity index (χ2n) is 10.6. The lowest BCUT2D eigenvalue weighted by atomic mass is 10.0.